The summed E-state index contributed by atoms with van der Waals surface area (Å²) in [4.78, 5) is 14.4. The van der Waals surface area contributed by atoms with E-state index in [1.807, 2.05) is 0 Å². The van der Waals surface area contributed by atoms with Crippen molar-refractivity contribution in [2.24, 2.45) is 0 Å². The van der Waals surface area contributed by atoms with E-state index >= 15 is 0 Å². The first kappa shape index (κ1) is 14.8. The van der Waals surface area contributed by atoms with Crippen molar-refractivity contribution in [1.29, 1.82) is 0 Å². The second-order valence-electron chi connectivity index (χ2n) is 5.13. The van der Waals surface area contributed by atoms with Crippen molar-refractivity contribution in [3.8, 4) is 34.4 Å². The predicted molar refractivity (Wildman–Crippen MR) is 87.3 cm³/mol. The Labute approximate surface area is 140 Å². The van der Waals surface area contributed by atoms with Gasteiger partial charge in [0.1, 0.15) is 5.76 Å². The topological polar surface area (TPSA) is 108 Å². The van der Waals surface area contributed by atoms with Crippen LogP contribution < -0.4 is 0 Å². The lowest BCUT2D eigenvalue weighted by molar-refractivity contribution is -0.384. The highest BCUT2D eigenvalue weighted by Crippen LogP contribution is 2.30. The Hall–Kier alpha value is -3.81. The van der Waals surface area contributed by atoms with Gasteiger partial charge >= 0.3 is 0 Å². The highest BCUT2D eigenvalue weighted by Gasteiger charge is 2.16. The Bertz CT molecular complexity index is 1040. The summed E-state index contributed by atoms with van der Waals surface area (Å²) in [7, 11) is 0. The third kappa shape index (κ3) is 2.88. The molecular weight excluding hydrogens is 324 g/mol. The maximum atomic E-state index is 10.9. The van der Waals surface area contributed by atoms with Crippen LogP contribution in [0.1, 0.15) is 0 Å². The van der Waals surface area contributed by atoms with Gasteiger partial charge in [-0.3, -0.25) is 15.1 Å². The Morgan fingerprint density at radius 1 is 0.880 bits per heavy atom. The van der Waals surface area contributed by atoms with Gasteiger partial charge in [-0.15, -0.1) is 10.2 Å². The van der Waals surface area contributed by atoms with Gasteiger partial charge in [0.05, 0.1) is 10.5 Å². The molecule has 4 aromatic rings. The van der Waals surface area contributed by atoms with E-state index in [1.165, 1.54) is 12.1 Å². The van der Waals surface area contributed by atoms with Gasteiger partial charge in [0.15, 0.2) is 5.76 Å². The van der Waals surface area contributed by atoms with E-state index in [2.05, 4.69) is 15.2 Å². The number of hydrogen-bond donors (Lipinski definition) is 0. The Morgan fingerprint density at radius 3 is 2.48 bits per heavy atom. The highest BCUT2D eigenvalue weighted by atomic mass is 16.6. The molecule has 0 atom stereocenters. The van der Waals surface area contributed by atoms with Crippen molar-refractivity contribution in [3.05, 3.63) is 71.0 Å². The van der Waals surface area contributed by atoms with E-state index < -0.39 is 4.92 Å². The first-order chi connectivity index (χ1) is 12.2. The van der Waals surface area contributed by atoms with E-state index in [1.54, 1.807) is 48.8 Å². The van der Waals surface area contributed by atoms with Gasteiger partial charge < -0.3 is 8.83 Å². The normalized spacial score (nSPS) is 10.7. The lowest BCUT2D eigenvalue weighted by Crippen LogP contribution is -1.87. The zero-order chi connectivity index (χ0) is 17.2. The van der Waals surface area contributed by atoms with Crippen LogP contribution >= 0.6 is 0 Å². The van der Waals surface area contributed by atoms with Crippen LogP contribution in [0.25, 0.3) is 34.4 Å². The van der Waals surface area contributed by atoms with Crippen molar-refractivity contribution in [1.82, 2.24) is 15.2 Å². The monoisotopic (exact) mass is 334 g/mol. The molecule has 122 valence electrons. The molecule has 8 nitrogen and oxygen atoms in total. The molecule has 0 radical (unpaired) electrons. The Balaban J connectivity index is 1.65. The average molecular weight is 334 g/mol. The fourth-order valence-electron chi connectivity index (χ4n) is 2.31. The number of aromatic nitrogens is 3. The Kier molecular flexibility index (Phi) is 3.55. The largest absolute Gasteiger partial charge is 0.451 e. The van der Waals surface area contributed by atoms with Gasteiger partial charge in [0.25, 0.3) is 11.6 Å². The molecule has 3 aromatic heterocycles. The minimum absolute atomic E-state index is 0.00731. The molecule has 0 fully saturated rings. The van der Waals surface area contributed by atoms with Crippen molar-refractivity contribution >= 4 is 5.69 Å². The summed E-state index contributed by atoms with van der Waals surface area (Å²) in [6.07, 6.45) is 3.27. The van der Waals surface area contributed by atoms with Gasteiger partial charge in [-0.05, 0) is 24.3 Å². The molecule has 0 N–H and O–H groups in total. The number of furan rings is 1. The SMILES string of the molecule is O=[N+]([O-])c1cccc(-c2ccc(-c3nnc(-c4cccnc4)o3)o2)c1. The van der Waals surface area contributed by atoms with Gasteiger partial charge in [0, 0.05) is 30.1 Å². The molecule has 3 heterocycles. The molecule has 0 aliphatic heterocycles. The molecule has 8 heteroatoms. The second-order valence-corrected chi connectivity index (χ2v) is 5.13. The zero-order valence-corrected chi connectivity index (χ0v) is 12.7. The molecule has 25 heavy (non-hydrogen) atoms. The molecule has 0 aliphatic carbocycles. The summed E-state index contributed by atoms with van der Waals surface area (Å²) in [6.45, 7) is 0. The van der Waals surface area contributed by atoms with Crippen LogP contribution in [0.2, 0.25) is 0 Å². The molecule has 4 rings (SSSR count). The van der Waals surface area contributed by atoms with E-state index in [-0.39, 0.29) is 11.6 Å². The van der Waals surface area contributed by atoms with Gasteiger partial charge in [0.2, 0.25) is 5.89 Å². The van der Waals surface area contributed by atoms with E-state index in [0.29, 0.717) is 28.5 Å². The average Bonchev–Trinajstić information content (AvgIpc) is 3.32. The first-order valence-corrected chi connectivity index (χ1v) is 7.29. The maximum Gasteiger partial charge on any atom is 0.283 e. The van der Waals surface area contributed by atoms with E-state index in [0.717, 1.165) is 0 Å². The van der Waals surface area contributed by atoms with Crippen LogP contribution in [0.15, 0.2) is 69.8 Å². The number of nitro benzene ring substituents is 1. The Morgan fingerprint density at radius 2 is 1.68 bits per heavy atom. The smallest absolute Gasteiger partial charge is 0.283 e. The first-order valence-electron chi connectivity index (χ1n) is 7.29. The van der Waals surface area contributed by atoms with Crippen molar-refractivity contribution in [3.63, 3.8) is 0 Å². The van der Waals surface area contributed by atoms with Crippen LogP contribution in [0.5, 0.6) is 0 Å². The number of benzene rings is 1. The molecule has 0 bridgehead atoms. The molecule has 0 spiro atoms. The summed E-state index contributed by atoms with van der Waals surface area (Å²) in [6, 6.07) is 13.1. The van der Waals surface area contributed by atoms with E-state index in [4.69, 9.17) is 8.83 Å². The van der Waals surface area contributed by atoms with Gasteiger partial charge in [-0.2, -0.15) is 0 Å². The fourth-order valence-corrected chi connectivity index (χ4v) is 2.31. The molecule has 0 saturated carbocycles. The zero-order valence-electron chi connectivity index (χ0n) is 12.7. The molecule has 1 aromatic carbocycles. The van der Waals surface area contributed by atoms with Crippen LogP contribution in [-0.4, -0.2) is 20.1 Å². The van der Waals surface area contributed by atoms with Crippen LogP contribution in [-0.2, 0) is 0 Å². The lowest BCUT2D eigenvalue weighted by atomic mass is 10.1. The predicted octanol–water partition coefficient (Wildman–Crippen LogP) is 3.97. The minimum Gasteiger partial charge on any atom is -0.451 e. The van der Waals surface area contributed by atoms with Gasteiger partial charge in [-0.25, -0.2) is 0 Å². The highest BCUT2D eigenvalue weighted by molar-refractivity contribution is 5.64. The number of pyridine rings is 1. The molecule has 0 saturated heterocycles. The number of nitrogens with zero attached hydrogens (tertiary/aromatic N) is 4. The summed E-state index contributed by atoms with van der Waals surface area (Å²) in [5, 5.41) is 18.8. The summed E-state index contributed by atoms with van der Waals surface area (Å²) < 4.78 is 11.3. The van der Waals surface area contributed by atoms with Crippen molar-refractivity contribution in [2.75, 3.05) is 0 Å². The summed E-state index contributed by atoms with van der Waals surface area (Å²) >= 11 is 0. The van der Waals surface area contributed by atoms with E-state index in [9.17, 15) is 10.1 Å². The van der Waals surface area contributed by atoms with Crippen LogP contribution in [0.3, 0.4) is 0 Å². The standard InChI is InChI=1S/C17H10N4O4/c22-21(23)13-5-1-3-11(9-13)14-6-7-15(24-14)17-20-19-16(25-17)12-4-2-8-18-10-12/h1-10H. The second kappa shape index (κ2) is 6.00. The molecule has 0 aliphatic rings. The maximum absolute atomic E-state index is 10.9. The number of hydrogen-bond acceptors (Lipinski definition) is 7. The van der Waals surface area contributed by atoms with Crippen LogP contribution in [0.4, 0.5) is 5.69 Å². The molecule has 0 unspecified atom stereocenters. The third-order valence-corrected chi connectivity index (χ3v) is 3.49. The quantitative estimate of drug-likeness (QED) is 0.410. The number of nitro groups is 1. The van der Waals surface area contributed by atoms with Crippen molar-refractivity contribution in [2.45, 2.75) is 0 Å². The number of rotatable bonds is 4. The lowest BCUT2D eigenvalue weighted by Gasteiger charge is -1.97. The fraction of sp³-hybridized carbons (Fsp3) is 0. The van der Waals surface area contributed by atoms with Gasteiger partial charge in [-0.1, -0.05) is 12.1 Å². The van der Waals surface area contributed by atoms with Crippen molar-refractivity contribution < 1.29 is 13.8 Å². The number of non-ortho nitro benzene ring substituents is 1. The molecular formula is C17H10N4O4. The van der Waals surface area contributed by atoms with Crippen LogP contribution in [0, 0.1) is 10.1 Å². The third-order valence-electron chi connectivity index (χ3n) is 3.49. The summed E-state index contributed by atoms with van der Waals surface area (Å²) in [5.41, 5.74) is 1.28. The minimum atomic E-state index is -0.453. The summed E-state index contributed by atoms with van der Waals surface area (Å²) in [5.74, 6) is 1.40. The molecule has 0 amide bonds.